The molecule has 7 heteroatoms. The van der Waals surface area contributed by atoms with Crippen LogP contribution in [0.4, 0.5) is 5.82 Å². The van der Waals surface area contributed by atoms with E-state index in [-0.39, 0.29) is 0 Å². The van der Waals surface area contributed by atoms with Crippen molar-refractivity contribution in [3.8, 4) is 17.0 Å². The molecule has 0 bridgehead atoms. The number of ether oxygens (including phenoxy) is 2. The molecule has 2 aromatic carbocycles. The Kier molecular flexibility index (Phi) is 5.76. The molecule has 2 aliphatic rings. The van der Waals surface area contributed by atoms with Gasteiger partial charge in [0.25, 0.3) is 0 Å². The van der Waals surface area contributed by atoms with Crippen LogP contribution in [0.2, 0.25) is 5.02 Å². The van der Waals surface area contributed by atoms with Crippen molar-refractivity contribution in [3.05, 3.63) is 70.5 Å². The summed E-state index contributed by atoms with van der Waals surface area (Å²) in [5.74, 6) is 2.72. The maximum absolute atomic E-state index is 6.33. The Morgan fingerprint density at radius 3 is 2.61 bits per heavy atom. The summed E-state index contributed by atoms with van der Waals surface area (Å²) in [5.41, 5.74) is 4.24. The van der Waals surface area contributed by atoms with Crippen LogP contribution < -0.4 is 9.64 Å². The van der Waals surface area contributed by atoms with E-state index in [2.05, 4.69) is 33.0 Å². The van der Waals surface area contributed by atoms with Crippen LogP contribution in [-0.4, -0.2) is 47.8 Å². The monoisotopic (exact) mass is 436 g/mol. The van der Waals surface area contributed by atoms with Gasteiger partial charge in [0.2, 0.25) is 0 Å². The first-order chi connectivity index (χ1) is 15.2. The smallest absolute Gasteiger partial charge is 0.189 e. The maximum atomic E-state index is 6.33. The van der Waals surface area contributed by atoms with Crippen molar-refractivity contribution in [1.82, 2.24) is 14.9 Å². The summed E-state index contributed by atoms with van der Waals surface area (Å²) >= 11 is 6.33. The first-order valence-corrected chi connectivity index (χ1v) is 10.9. The van der Waals surface area contributed by atoms with E-state index in [0.29, 0.717) is 13.4 Å². The van der Waals surface area contributed by atoms with Crippen LogP contribution in [-0.2, 0) is 17.9 Å². The van der Waals surface area contributed by atoms with Gasteiger partial charge < -0.3 is 14.4 Å². The van der Waals surface area contributed by atoms with Gasteiger partial charge in [-0.15, -0.1) is 0 Å². The van der Waals surface area contributed by atoms with E-state index in [1.54, 1.807) is 0 Å². The zero-order chi connectivity index (χ0) is 21.2. The van der Waals surface area contributed by atoms with Crippen LogP contribution in [0.25, 0.3) is 11.3 Å². The SMILES string of the molecule is Cc1nc(-c2ccccc2)cc(N2CCN(Cc3cc(Cl)cc4c3OCOC4)CC2)n1. The third kappa shape index (κ3) is 4.51. The molecular weight excluding hydrogens is 412 g/mol. The molecule has 31 heavy (non-hydrogen) atoms. The molecule has 0 spiro atoms. The fourth-order valence-corrected chi connectivity index (χ4v) is 4.48. The number of aromatic nitrogens is 2. The van der Waals surface area contributed by atoms with Crippen molar-refractivity contribution in [1.29, 1.82) is 0 Å². The third-order valence-electron chi connectivity index (χ3n) is 5.74. The van der Waals surface area contributed by atoms with Crippen molar-refractivity contribution >= 4 is 17.4 Å². The Hall–Kier alpha value is -2.67. The number of aryl methyl sites for hydroxylation is 1. The molecule has 0 unspecified atom stereocenters. The number of nitrogens with zero attached hydrogens (tertiary/aromatic N) is 4. The first-order valence-electron chi connectivity index (χ1n) is 10.6. The topological polar surface area (TPSA) is 50.7 Å². The number of piperazine rings is 1. The summed E-state index contributed by atoms with van der Waals surface area (Å²) in [7, 11) is 0. The van der Waals surface area contributed by atoms with Crippen LogP contribution in [0.3, 0.4) is 0 Å². The summed E-state index contributed by atoms with van der Waals surface area (Å²) in [6.45, 7) is 7.34. The number of anilines is 1. The summed E-state index contributed by atoms with van der Waals surface area (Å²) in [4.78, 5) is 14.1. The lowest BCUT2D eigenvalue weighted by Gasteiger charge is -2.36. The number of hydrogen-bond acceptors (Lipinski definition) is 6. The molecule has 0 N–H and O–H groups in total. The highest BCUT2D eigenvalue weighted by Crippen LogP contribution is 2.33. The van der Waals surface area contributed by atoms with Crippen molar-refractivity contribution in [2.75, 3.05) is 37.9 Å². The second-order valence-electron chi connectivity index (χ2n) is 7.95. The van der Waals surface area contributed by atoms with E-state index < -0.39 is 0 Å². The Labute approximate surface area is 187 Å². The summed E-state index contributed by atoms with van der Waals surface area (Å²) in [6, 6.07) is 16.3. The molecule has 1 aromatic heterocycles. The average Bonchev–Trinajstić information content (AvgIpc) is 2.80. The average molecular weight is 437 g/mol. The molecule has 1 fully saturated rings. The summed E-state index contributed by atoms with van der Waals surface area (Å²) in [6.07, 6.45) is 0. The quantitative estimate of drug-likeness (QED) is 0.608. The van der Waals surface area contributed by atoms with Gasteiger partial charge in [-0.05, 0) is 19.1 Å². The Bertz CT molecular complexity index is 1070. The van der Waals surface area contributed by atoms with E-state index >= 15 is 0 Å². The van der Waals surface area contributed by atoms with Gasteiger partial charge in [0.05, 0.1) is 12.3 Å². The normalized spacial score (nSPS) is 16.6. The van der Waals surface area contributed by atoms with E-state index in [1.807, 2.05) is 37.3 Å². The van der Waals surface area contributed by atoms with E-state index in [1.165, 1.54) is 0 Å². The van der Waals surface area contributed by atoms with Gasteiger partial charge >= 0.3 is 0 Å². The van der Waals surface area contributed by atoms with Crippen LogP contribution in [0, 0.1) is 6.92 Å². The van der Waals surface area contributed by atoms with Gasteiger partial charge in [0.15, 0.2) is 6.79 Å². The lowest BCUT2D eigenvalue weighted by atomic mass is 10.1. The van der Waals surface area contributed by atoms with Crippen molar-refractivity contribution in [2.45, 2.75) is 20.1 Å². The molecule has 0 amide bonds. The fourth-order valence-electron chi connectivity index (χ4n) is 4.22. The molecule has 0 atom stereocenters. The van der Waals surface area contributed by atoms with Gasteiger partial charge in [0, 0.05) is 60.5 Å². The predicted octanol–water partition coefficient (Wildman–Crippen LogP) is 4.29. The third-order valence-corrected chi connectivity index (χ3v) is 5.95. The number of hydrogen-bond donors (Lipinski definition) is 0. The van der Waals surface area contributed by atoms with Gasteiger partial charge in [0.1, 0.15) is 17.4 Å². The van der Waals surface area contributed by atoms with Crippen molar-refractivity contribution < 1.29 is 9.47 Å². The molecule has 2 aliphatic heterocycles. The second kappa shape index (κ2) is 8.83. The van der Waals surface area contributed by atoms with Crippen molar-refractivity contribution in [2.24, 2.45) is 0 Å². The summed E-state index contributed by atoms with van der Waals surface area (Å²) in [5, 5.41) is 0.728. The number of halogens is 1. The maximum Gasteiger partial charge on any atom is 0.189 e. The molecule has 5 rings (SSSR count). The Balaban J connectivity index is 1.28. The minimum Gasteiger partial charge on any atom is -0.467 e. The number of rotatable bonds is 4. The first kappa shape index (κ1) is 20.2. The van der Waals surface area contributed by atoms with Gasteiger partial charge in [-0.1, -0.05) is 41.9 Å². The minimum atomic E-state index is 0.298. The minimum absolute atomic E-state index is 0.298. The highest BCUT2D eigenvalue weighted by Gasteiger charge is 2.22. The molecule has 0 aliphatic carbocycles. The second-order valence-corrected chi connectivity index (χ2v) is 8.39. The largest absolute Gasteiger partial charge is 0.467 e. The van der Waals surface area contributed by atoms with Crippen LogP contribution in [0.5, 0.6) is 5.75 Å². The lowest BCUT2D eigenvalue weighted by molar-refractivity contribution is -0.0174. The zero-order valence-electron chi connectivity index (χ0n) is 17.6. The molecule has 1 saturated heterocycles. The van der Waals surface area contributed by atoms with Gasteiger partial charge in [-0.3, -0.25) is 4.90 Å². The Morgan fingerprint density at radius 2 is 1.81 bits per heavy atom. The lowest BCUT2D eigenvalue weighted by Crippen LogP contribution is -2.46. The zero-order valence-corrected chi connectivity index (χ0v) is 18.3. The standard InChI is InChI=1S/C24H25ClN4O2/c1-17-26-22(18-5-3-2-4-6-18)13-23(27-17)29-9-7-28(8-10-29)14-19-11-21(25)12-20-15-30-16-31-24(19)20/h2-6,11-13H,7-10,14-16H2,1H3. The van der Waals surface area contributed by atoms with E-state index in [4.69, 9.17) is 26.1 Å². The predicted molar refractivity (Wildman–Crippen MR) is 121 cm³/mol. The number of benzene rings is 2. The van der Waals surface area contributed by atoms with Crippen LogP contribution in [0.15, 0.2) is 48.5 Å². The molecule has 3 heterocycles. The van der Waals surface area contributed by atoms with Gasteiger partial charge in [-0.25, -0.2) is 9.97 Å². The summed E-state index contributed by atoms with van der Waals surface area (Å²) < 4.78 is 11.2. The number of fused-ring (bicyclic) bond motifs is 1. The van der Waals surface area contributed by atoms with Crippen LogP contribution in [0.1, 0.15) is 17.0 Å². The molecular formula is C24H25ClN4O2. The molecule has 160 valence electrons. The molecule has 0 radical (unpaired) electrons. The fraction of sp³-hybridized carbons (Fsp3) is 0.333. The molecule has 3 aromatic rings. The van der Waals surface area contributed by atoms with Crippen molar-refractivity contribution in [3.63, 3.8) is 0 Å². The molecule has 0 saturated carbocycles. The highest BCUT2D eigenvalue weighted by atomic mass is 35.5. The Morgan fingerprint density at radius 1 is 1.00 bits per heavy atom. The van der Waals surface area contributed by atoms with E-state index in [0.717, 1.165) is 77.5 Å². The van der Waals surface area contributed by atoms with Crippen LogP contribution >= 0.6 is 11.6 Å². The van der Waals surface area contributed by atoms with E-state index in [9.17, 15) is 0 Å². The van der Waals surface area contributed by atoms with Gasteiger partial charge in [-0.2, -0.15) is 0 Å². The molecule has 6 nitrogen and oxygen atoms in total. The highest BCUT2D eigenvalue weighted by molar-refractivity contribution is 6.30.